The number of aromatic nitrogens is 2. The monoisotopic (exact) mass is 511 g/mol. The SMILES string of the molecule is COC(=O)Nc1nc2ccc(Sc3ccc(NC(=O)Nc4cccc(Br)c4)cc3)cc2[nH]1. The highest BCUT2D eigenvalue weighted by Gasteiger charge is 2.08. The number of aromatic amines is 1. The second-order valence-electron chi connectivity index (χ2n) is 6.60. The molecule has 8 nitrogen and oxygen atoms in total. The van der Waals surface area contributed by atoms with E-state index in [1.165, 1.54) is 7.11 Å². The predicted molar refractivity (Wildman–Crippen MR) is 129 cm³/mol. The van der Waals surface area contributed by atoms with Gasteiger partial charge in [-0.05, 0) is 60.7 Å². The van der Waals surface area contributed by atoms with Gasteiger partial charge in [0.1, 0.15) is 0 Å². The molecular weight excluding hydrogens is 494 g/mol. The van der Waals surface area contributed by atoms with Crippen LogP contribution in [-0.4, -0.2) is 29.2 Å². The molecule has 0 atom stereocenters. The number of amides is 3. The number of carbonyl (C=O) groups is 2. The zero-order valence-corrected chi connectivity index (χ0v) is 19.2. The molecule has 3 amide bonds. The number of ether oxygens (including phenoxy) is 1. The van der Waals surface area contributed by atoms with Crippen LogP contribution in [0.2, 0.25) is 0 Å². The third-order valence-electron chi connectivity index (χ3n) is 4.29. The summed E-state index contributed by atoms with van der Waals surface area (Å²) in [6.07, 6.45) is -0.585. The number of urea groups is 1. The van der Waals surface area contributed by atoms with Gasteiger partial charge in [-0.3, -0.25) is 5.32 Å². The van der Waals surface area contributed by atoms with Crippen molar-refractivity contribution in [1.82, 2.24) is 9.97 Å². The van der Waals surface area contributed by atoms with Crippen LogP contribution in [0.1, 0.15) is 0 Å². The molecule has 10 heteroatoms. The molecule has 0 spiro atoms. The minimum atomic E-state index is -0.585. The van der Waals surface area contributed by atoms with Crippen molar-refractivity contribution in [2.24, 2.45) is 0 Å². The van der Waals surface area contributed by atoms with E-state index in [1.54, 1.807) is 11.8 Å². The van der Waals surface area contributed by atoms with E-state index in [-0.39, 0.29) is 6.03 Å². The quantitative estimate of drug-likeness (QED) is 0.251. The lowest BCUT2D eigenvalue weighted by molar-refractivity contribution is 0.186. The van der Waals surface area contributed by atoms with E-state index in [9.17, 15) is 9.59 Å². The van der Waals surface area contributed by atoms with Gasteiger partial charge >= 0.3 is 12.1 Å². The molecule has 32 heavy (non-hydrogen) atoms. The first kappa shape index (κ1) is 21.7. The van der Waals surface area contributed by atoms with Gasteiger partial charge in [-0.25, -0.2) is 14.6 Å². The van der Waals surface area contributed by atoms with Crippen LogP contribution in [0.15, 0.2) is 81.0 Å². The van der Waals surface area contributed by atoms with Gasteiger partial charge in [-0.1, -0.05) is 33.8 Å². The van der Waals surface area contributed by atoms with Crippen molar-refractivity contribution in [3.63, 3.8) is 0 Å². The van der Waals surface area contributed by atoms with E-state index in [0.29, 0.717) is 17.3 Å². The third-order valence-corrected chi connectivity index (χ3v) is 5.78. The Labute approximate surface area is 196 Å². The second kappa shape index (κ2) is 9.75. The lowest BCUT2D eigenvalue weighted by Gasteiger charge is -2.09. The molecule has 0 aliphatic carbocycles. The van der Waals surface area contributed by atoms with E-state index in [2.05, 4.69) is 46.6 Å². The number of methoxy groups -OCH3 is 1. The van der Waals surface area contributed by atoms with Crippen molar-refractivity contribution in [1.29, 1.82) is 0 Å². The molecule has 0 unspecified atom stereocenters. The van der Waals surface area contributed by atoms with Gasteiger partial charge in [0, 0.05) is 25.6 Å². The summed E-state index contributed by atoms with van der Waals surface area (Å²) < 4.78 is 5.46. The Bertz CT molecular complexity index is 1280. The zero-order valence-electron chi connectivity index (χ0n) is 16.8. The molecule has 4 N–H and O–H groups in total. The second-order valence-corrected chi connectivity index (χ2v) is 8.66. The molecular formula is C22H18BrN5O3S. The van der Waals surface area contributed by atoms with Gasteiger partial charge in [-0.2, -0.15) is 0 Å². The molecule has 3 aromatic carbocycles. The number of nitrogens with zero attached hydrogens (tertiary/aromatic N) is 1. The van der Waals surface area contributed by atoms with Crippen molar-refractivity contribution in [3.8, 4) is 0 Å². The minimum absolute atomic E-state index is 0.315. The molecule has 0 radical (unpaired) electrons. The Morgan fingerprint density at radius 2 is 1.69 bits per heavy atom. The summed E-state index contributed by atoms with van der Waals surface area (Å²) in [5.74, 6) is 0.325. The molecule has 1 aromatic heterocycles. The van der Waals surface area contributed by atoms with Crippen LogP contribution >= 0.6 is 27.7 Å². The summed E-state index contributed by atoms with van der Waals surface area (Å²) in [6.45, 7) is 0. The van der Waals surface area contributed by atoms with Crippen LogP contribution in [-0.2, 0) is 4.74 Å². The summed E-state index contributed by atoms with van der Waals surface area (Å²) in [5.41, 5.74) is 2.91. The number of hydrogen-bond acceptors (Lipinski definition) is 5. The lowest BCUT2D eigenvalue weighted by Crippen LogP contribution is -2.19. The van der Waals surface area contributed by atoms with Crippen LogP contribution < -0.4 is 16.0 Å². The molecule has 0 fully saturated rings. The Balaban J connectivity index is 1.38. The molecule has 0 saturated carbocycles. The van der Waals surface area contributed by atoms with Gasteiger partial charge < -0.3 is 20.4 Å². The average molecular weight is 512 g/mol. The Morgan fingerprint density at radius 3 is 2.44 bits per heavy atom. The molecule has 0 aliphatic rings. The molecule has 162 valence electrons. The van der Waals surface area contributed by atoms with Crippen molar-refractivity contribution in [3.05, 3.63) is 71.2 Å². The topological polar surface area (TPSA) is 108 Å². The number of halogens is 1. The highest BCUT2D eigenvalue weighted by Crippen LogP contribution is 2.31. The van der Waals surface area contributed by atoms with Crippen molar-refractivity contribution in [2.45, 2.75) is 9.79 Å². The molecule has 4 aromatic rings. The highest BCUT2D eigenvalue weighted by atomic mass is 79.9. The number of imidazole rings is 1. The summed E-state index contributed by atoms with van der Waals surface area (Å²) in [6, 6.07) is 20.4. The fraction of sp³-hybridized carbons (Fsp3) is 0.0455. The number of rotatable bonds is 5. The first-order valence-corrected chi connectivity index (χ1v) is 11.1. The summed E-state index contributed by atoms with van der Waals surface area (Å²) in [7, 11) is 1.29. The summed E-state index contributed by atoms with van der Waals surface area (Å²) >= 11 is 4.95. The van der Waals surface area contributed by atoms with E-state index in [0.717, 1.165) is 25.3 Å². The Morgan fingerprint density at radius 1 is 0.938 bits per heavy atom. The number of H-pyrrole nitrogens is 1. The predicted octanol–water partition coefficient (Wildman–Crippen LogP) is 6.30. The summed E-state index contributed by atoms with van der Waals surface area (Å²) in [5, 5.41) is 8.12. The smallest absolute Gasteiger partial charge is 0.413 e. The Kier molecular flexibility index (Phi) is 6.62. The van der Waals surface area contributed by atoms with Crippen LogP contribution in [0.25, 0.3) is 11.0 Å². The maximum absolute atomic E-state index is 12.2. The fourth-order valence-corrected chi connectivity index (χ4v) is 4.12. The molecule has 0 bridgehead atoms. The molecule has 0 aliphatic heterocycles. The summed E-state index contributed by atoms with van der Waals surface area (Å²) in [4.78, 5) is 32.9. The highest BCUT2D eigenvalue weighted by molar-refractivity contribution is 9.10. The van der Waals surface area contributed by atoms with E-state index < -0.39 is 6.09 Å². The Hall–Kier alpha value is -3.50. The van der Waals surface area contributed by atoms with Gasteiger partial charge in [0.05, 0.1) is 18.1 Å². The average Bonchev–Trinajstić information content (AvgIpc) is 3.16. The van der Waals surface area contributed by atoms with E-state index in [1.807, 2.05) is 66.7 Å². The molecule has 1 heterocycles. The first-order valence-electron chi connectivity index (χ1n) is 9.45. The maximum Gasteiger partial charge on any atom is 0.413 e. The largest absolute Gasteiger partial charge is 0.453 e. The minimum Gasteiger partial charge on any atom is -0.453 e. The fourth-order valence-electron chi connectivity index (χ4n) is 2.86. The first-order chi connectivity index (χ1) is 15.5. The zero-order chi connectivity index (χ0) is 22.5. The van der Waals surface area contributed by atoms with Gasteiger partial charge in [-0.15, -0.1) is 0 Å². The number of carbonyl (C=O) groups excluding carboxylic acids is 2. The number of fused-ring (bicyclic) bond motifs is 1. The van der Waals surface area contributed by atoms with Gasteiger partial charge in [0.15, 0.2) is 0 Å². The van der Waals surface area contributed by atoms with E-state index in [4.69, 9.17) is 0 Å². The maximum atomic E-state index is 12.2. The standard InChI is InChI=1S/C22H18BrN5O3S/c1-31-22(30)28-20-26-18-10-9-17(12-19(18)27-20)32-16-7-5-14(6-8-16)24-21(29)25-15-4-2-3-13(23)11-15/h2-12H,1H3,(H2,24,25,29)(H2,26,27,28,30). The number of anilines is 3. The van der Waals surface area contributed by atoms with Crippen molar-refractivity contribution in [2.75, 3.05) is 23.1 Å². The number of benzene rings is 3. The van der Waals surface area contributed by atoms with Crippen LogP contribution in [0.5, 0.6) is 0 Å². The normalized spacial score (nSPS) is 10.6. The van der Waals surface area contributed by atoms with E-state index >= 15 is 0 Å². The van der Waals surface area contributed by atoms with Crippen LogP contribution in [0, 0.1) is 0 Å². The number of hydrogen-bond donors (Lipinski definition) is 4. The molecule has 4 rings (SSSR count). The van der Waals surface area contributed by atoms with Gasteiger partial charge in [0.25, 0.3) is 0 Å². The molecule has 0 saturated heterocycles. The third kappa shape index (κ3) is 5.59. The van der Waals surface area contributed by atoms with Crippen molar-refractivity contribution >= 4 is 68.2 Å². The van der Waals surface area contributed by atoms with Crippen LogP contribution in [0.4, 0.5) is 26.9 Å². The lowest BCUT2D eigenvalue weighted by atomic mass is 10.3. The van der Waals surface area contributed by atoms with Gasteiger partial charge in [0.2, 0.25) is 5.95 Å². The van der Waals surface area contributed by atoms with Crippen molar-refractivity contribution < 1.29 is 14.3 Å². The van der Waals surface area contributed by atoms with Crippen LogP contribution in [0.3, 0.4) is 0 Å². The number of nitrogens with one attached hydrogen (secondary N) is 4.